The van der Waals surface area contributed by atoms with Crippen molar-refractivity contribution >= 4 is 5.96 Å². The second kappa shape index (κ2) is 10.4. The summed E-state index contributed by atoms with van der Waals surface area (Å²) in [6, 6.07) is 3.92. The predicted molar refractivity (Wildman–Crippen MR) is 105 cm³/mol. The van der Waals surface area contributed by atoms with Gasteiger partial charge in [0.1, 0.15) is 5.76 Å². The van der Waals surface area contributed by atoms with Crippen molar-refractivity contribution in [3.8, 4) is 0 Å². The molecule has 2 heterocycles. The number of nitrogens with one attached hydrogen (secondary N) is 1. The van der Waals surface area contributed by atoms with Crippen LogP contribution in [0.5, 0.6) is 0 Å². The minimum Gasteiger partial charge on any atom is -0.469 e. The smallest absolute Gasteiger partial charge is 0.194 e. The molecule has 1 saturated heterocycles. The maximum atomic E-state index is 6.19. The maximum Gasteiger partial charge on any atom is 0.194 e. The largest absolute Gasteiger partial charge is 0.469 e. The summed E-state index contributed by atoms with van der Waals surface area (Å²) >= 11 is 0. The molecule has 0 aromatic carbocycles. The van der Waals surface area contributed by atoms with Gasteiger partial charge in [0.25, 0.3) is 0 Å². The van der Waals surface area contributed by atoms with Crippen LogP contribution < -0.4 is 5.32 Å². The van der Waals surface area contributed by atoms with E-state index in [1.165, 1.54) is 25.7 Å². The lowest BCUT2D eigenvalue weighted by Crippen LogP contribution is -2.47. The van der Waals surface area contributed by atoms with E-state index in [2.05, 4.69) is 16.8 Å². The number of furan rings is 1. The van der Waals surface area contributed by atoms with Crippen LogP contribution in [0.25, 0.3) is 0 Å². The van der Waals surface area contributed by atoms with Gasteiger partial charge >= 0.3 is 0 Å². The summed E-state index contributed by atoms with van der Waals surface area (Å²) in [5.41, 5.74) is 0. The third-order valence-electron chi connectivity index (χ3n) is 5.39. The van der Waals surface area contributed by atoms with Crippen LogP contribution >= 0.6 is 0 Å². The van der Waals surface area contributed by atoms with Crippen LogP contribution in [-0.2, 0) is 11.2 Å². The summed E-state index contributed by atoms with van der Waals surface area (Å²) in [5, 5.41) is 3.40. The molecule has 0 unspecified atom stereocenters. The molecule has 0 bridgehead atoms. The zero-order valence-corrected chi connectivity index (χ0v) is 15.9. The molecule has 3 rings (SSSR count). The van der Waals surface area contributed by atoms with Gasteiger partial charge in [0.15, 0.2) is 5.96 Å². The molecular weight excluding hydrogens is 326 g/mol. The molecule has 1 saturated carbocycles. The minimum absolute atomic E-state index is 0.413. The number of guanidine groups is 1. The first kappa shape index (κ1) is 19.0. The van der Waals surface area contributed by atoms with Gasteiger partial charge in [-0.15, -0.1) is 6.58 Å². The molecule has 26 heavy (non-hydrogen) atoms. The molecule has 5 heteroatoms. The van der Waals surface area contributed by atoms with Crippen molar-refractivity contribution in [2.75, 3.05) is 32.8 Å². The van der Waals surface area contributed by atoms with Crippen molar-refractivity contribution in [3.63, 3.8) is 0 Å². The average Bonchev–Trinajstić information content (AvgIpc) is 3.37. The molecule has 1 aromatic heterocycles. The fraction of sp³-hybridized carbons (Fsp3) is 0.667. The molecule has 0 amide bonds. The topological polar surface area (TPSA) is 50.0 Å². The summed E-state index contributed by atoms with van der Waals surface area (Å²) in [7, 11) is 0. The molecule has 1 aromatic rings. The highest BCUT2D eigenvalue weighted by molar-refractivity contribution is 5.80. The first-order valence-electron chi connectivity index (χ1n) is 10.1. The number of piperidine rings is 1. The highest BCUT2D eigenvalue weighted by Gasteiger charge is 2.23. The van der Waals surface area contributed by atoms with Crippen LogP contribution in [0.1, 0.15) is 44.3 Å². The Morgan fingerprint density at radius 3 is 2.81 bits per heavy atom. The van der Waals surface area contributed by atoms with Gasteiger partial charge in [-0.2, -0.15) is 0 Å². The Morgan fingerprint density at radius 1 is 1.31 bits per heavy atom. The lowest BCUT2D eigenvalue weighted by molar-refractivity contribution is 0.00103. The van der Waals surface area contributed by atoms with Gasteiger partial charge in [-0.3, -0.25) is 4.99 Å². The normalized spacial score (nSPS) is 19.8. The average molecular weight is 360 g/mol. The lowest BCUT2D eigenvalue weighted by Gasteiger charge is -2.34. The van der Waals surface area contributed by atoms with Gasteiger partial charge in [-0.05, 0) is 43.7 Å². The van der Waals surface area contributed by atoms with E-state index in [9.17, 15) is 0 Å². The van der Waals surface area contributed by atoms with Crippen molar-refractivity contribution < 1.29 is 9.15 Å². The molecule has 2 aliphatic rings. The molecule has 1 aliphatic heterocycles. The summed E-state index contributed by atoms with van der Waals surface area (Å²) < 4.78 is 11.6. The Balaban J connectivity index is 1.43. The molecule has 2 fully saturated rings. The molecule has 1 aliphatic carbocycles. The van der Waals surface area contributed by atoms with E-state index in [-0.39, 0.29) is 0 Å². The maximum absolute atomic E-state index is 6.19. The van der Waals surface area contributed by atoms with Gasteiger partial charge in [0.05, 0.1) is 12.4 Å². The van der Waals surface area contributed by atoms with Crippen LogP contribution in [0.3, 0.4) is 0 Å². The van der Waals surface area contributed by atoms with Crippen molar-refractivity contribution in [2.45, 2.75) is 51.0 Å². The fourth-order valence-corrected chi connectivity index (χ4v) is 3.84. The molecular formula is C21H33N3O2. The van der Waals surface area contributed by atoms with Crippen molar-refractivity contribution in [1.29, 1.82) is 0 Å². The molecule has 0 radical (unpaired) electrons. The highest BCUT2D eigenvalue weighted by Crippen LogP contribution is 2.26. The van der Waals surface area contributed by atoms with Gasteiger partial charge < -0.3 is 19.4 Å². The van der Waals surface area contributed by atoms with E-state index in [0.29, 0.717) is 6.10 Å². The minimum atomic E-state index is 0.413. The number of ether oxygens (including phenoxy) is 1. The van der Waals surface area contributed by atoms with Gasteiger partial charge in [-0.1, -0.05) is 18.9 Å². The Kier molecular flexibility index (Phi) is 7.62. The fourth-order valence-electron chi connectivity index (χ4n) is 3.84. The second-order valence-electron chi connectivity index (χ2n) is 7.37. The molecule has 0 spiro atoms. The van der Waals surface area contributed by atoms with E-state index < -0.39 is 0 Å². The first-order valence-corrected chi connectivity index (χ1v) is 10.1. The number of aliphatic imine (C=N–C) groups is 1. The van der Waals surface area contributed by atoms with Crippen molar-refractivity contribution in [1.82, 2.24) is 10.2 Å². The van der Waals surface area contributed by atoms with Gasteiger partial charge in [-0.25, -0.2) is 0 Å². The van der Waals surface area contributed by atoms with E-state index >= 15 is 0 Å². The number of hydrogen-bond donors (Lipinski definition) is 1. The molecule has 144 valence electrons. The SMILES string of the molecule is C=CCNC(=NCCc1ccco1)N1CCC(OCC2CCCC2)CC1. The standard InChI is InChI=1S/C21H33N3O2/c1-2-12-22-21(23-13-9-19-8-5-16-25-19)24-14-10-20(11-15-24)26-17-18-6-3-4-7-18/h2,5,8,16,18,20H,1,3-4,6-7,9-15,17H2,(H,22,23). The zero-order chi connectivity index (χ0) is 18.0. The highest BCUT2D eigenvalue weighted by atomic mass is 16.5. The van der Waals surface area contributed by atoms with Gasteiger partial charge in [0.2, 0.25) is 0 Å². The summed E-state index contributed by atoms with van der Waals surface area (Å²) in [5.74, 6) is 2.77. The van der Waals surface area contributed by atoms with Crippen LogP contribution in [0.4, 0.5) is 0 Å². The monoisotopic (exact) mass is 359 g/mol. The Hall–Kier alpha value is -1.75. The first-order chi connectivity index (χ1) is 12.8. The quantitative estimate of drug-likeness (QED) is 0.437. The Morgan fingerprint density at radius 2 is 2.12 bits per heavy atom. The molecule has 1 N–H and O–H groups in total. The van der Waals surface area contributed by atoms with E-state index in [1.54, 1.807) is 6.26 Å². The van der Waals surface area contributed by atoms with Crippen LogP contribution in [0.2, 0.25) is 0 Å². The molecule has 0 atom stereocenters. The number of rotatable bonds is 8. The van der Waals surface area contributed by atoms with E-state index in [4.69, 9.17) is 14.1 Å². The third-order valence-corrected chi connectivity index (χ3v) is 5.39. The van der Waals surface area contributed by atoms with Gasteiger partial charge in [0, 0.05) is 39.2 Å². The van der Waals surface area contributed by atoms with Crippen LogP contribution in [0.15, 0.2) is 40.5 Å². The third kappa shape index (κ3) is 5.90. The Bertz CT molecular complexity index is 542. The van der Waals surface area contributed by atoms with E-state index in [1.807, 2.05) is 18.2 Å². The summed E-state index contributed by atoms with van der Waals surface area (Å²) in [4.78, 5) is 7.12. The van der Waals surface area contributed by atoms with Crippen LogP contribution in [0, 0.1) is 5.92 Å². The van der Waals surface area contributed by atoms with Crippen molar-refractivity contribution in [2.24, 2.45) is 10.9 Å². The number of nitrogens with zero attached hydrogens (tertiary/aromatic N) is 2. The predicted octanol–water partition coefficient (Wildman–Crippen LogP) is 3.62. The Labute approximate surface area is 157 Å². The zero-order valence-electron chi connectivity index (χ0n) is 15.9. The van der Waals surface area contributed by atoms with Crippen LogP contribution in [-0.4, -0.2) is 49.7 Å². The summed E-state index contributed by atoms with van der Waals surface area (Å²) in [6.07, 6.45) is 12.5. The summed E-state index contributed by atoms with van der Waals surface area (Å²) in [6.45, 7) is 8.22. The number of likely N-dealkylation sites (tertiary alicyclic amines) is 1. The number of hydrogen-bond acceptors (Lipinski definition) is 3. The van der Waals surface area contributed by atoms with Crippen molar-refractivity contribution in [3.05, 3.63) is 36.8 Å². The molecule has 5 nitrogen and oxygen atoms in total. The van der Waals surface area contributed by atoms with E-state index in [0.717, 1.165) is 69.7 Å². The second-order valence-corrected chi connectivity index (χ2v) is 7.37. The lowest BCUT2D eigenvalue weighted by atomic mass is 10.1.